The lowest BCUT2D eigenvalue weighted by molar-refractivity contribution is 0.120. The third-order valence-electron chi connectivity index (χ3n) is 4.48. The van der Waals surface area contributed by atoms with Gasteiger partial charge in [0.25, 0.3) is 0 Å². The third-order valence-corrected chi connectivity index (χ3v) is 4.48. The van der Waals surface area contributed by atoms with E-state index in [1.165, 1.54) is 6.42 Å². The molecule has 1 unspecified atom stereocenters. The van der Waals surface area contributed by atoms with E-state index in [0.717, 1.165) is 69.8 Å². The first-order valence-corrected chi connectivity index (χ1v) is 8.43. The number of nitrogens with zero attached hydrogens (tertiary/aromatic N) is 4. The largest absolute Gasteiger partial charge is 0.376 e. The van der Waals surface area contributed by atoms with Gasteiger partial charge in [0.15, 0.2) is 0 Å². The molecule has 2 fully saturated rings. The maximum Gasteiger partial charge on any atom is 0.227 e. The van der Waals surface area contributed by atoms with Gasteiger partial charge < -0.3 is 19.9 Å². The Kier molecular flexibility index (Phi) is 5.10. The summed E-state index contributed by atoms with van der Waals surface area (Å²) < 4.78 is 5.65. The van der Waals surface area contributed by atoms with Crippen LogP contribution in [0.3, 0.4) is 0 Å². The van der Waals surface area contributed by atoms with Crippen LogP contribution < -0.4 is 10.2 Å². The second-order valence-electron chi connectivity index (χ2n) is 6.13. The van der Waals surface area contributed by atoms with E-state index in [1.807, 2.05) is 13.0 Å². The molecule has 6 nitrogen and oxygen atoms in total. The summed E-state index contributed by atoms with van der Waals surface area (Å²) in [6.45, 7) is 11.3. The predicted octanol–water partition coefficient (Wildman–Crippen LogP) is 1.52. The van der Waals surface area contributed by atoms with Gasteiger partial charge in [-0.05, 0) is 26.3 Å². The second-order valence-corrected chi connectivity index (χ2v) is 6.13. The Hall–Kier alpha value is -1.40. The van der Waals surface area contributed by atoms with Crippen LogP contribution in [0.2, 0.25) is 0 Å². The van der Waals surface area contributed by atoms with Crippen molar-refractivity contribution in [3.05, 3.63) is 11.8 Å². The zero-order valence-corrected chi connectivity index (χ0v) is 13.7. The lowest BCUT2D eigenvalue weighted by Crippen LogP contribution is -2.46. The minimum atomic E-state index is 0.326. The molecule has 0 amide bonds. The van der Waals surface area contributed by atoms with Crippen molar-refractivity contribution in [3.63, 3.8) is 0 Å². The number of anilines is 2. The van der Waals surface area contributed by atoms with Gasteiger partial charge in [-0.15, -0.1) is 0 Å². The van der Waals surface area contributed by atoms with E-state index < -0.39 is 0 Å². The number of aromatic nitrogens is 2. The molecule has 22 heavy (non-hydrogen) atoms. The maximum atomic E-state index is 5.65. The van der Waals surface area contributed by atoms with Gasteiger partial charge in [-0.1, -0.05) is 6.92 Å². The van der Waals surface area contributed by atoms with Crippen LogP contribution >= 0.6 is 0 Å². The van der Waals surface area contributed by atoms with Crippen LogP contribution in [0.5, 0.6) is 0 Å². The minimum absolute atomic E-state index is 0.326. The highest BCUT2D eigenvalue weighted by atomic mass is 16.5. The van der Waals surface area contributed by atoms with Crippen LogP contribution in [0.15, 0.2) is 6.07 Å². The van der Waals surface area contributed by atoms with Crippen molar-refractivity contribution in [2.24, 2.45) is 0 Å². The molecule has 1 N–H and O–H groups in total. The predicted molar refractivity (Wildman–Crippen MR) is 88.6 cm³/mol. The Labute approximate surface area is 132 Å². The van der Waals surface area contributed by atoms with Gasteiger partial charge in [-0.3, -0.25) is 0 Å². The molecule has 0 spiro atoms. The first kappa shape index (κ1) is 15.5. The van der Waals surface area contributed by atoms with E-state index in [9.17, 15) is 0 Å². The number of hydrogen-bond donors (Lipinski definition) is 1. The lowest BCUT2D eigenvalue weighted by Gasteiger charge is -2.34. The molecule has 0 radical (unpaired) electrons. The summed E-state index contributed by atoms with van der Waals surface area (Å²) >= 11 is 0. The number of aryl methyl sites for hydroxylation is 1. The molecule has 1 aromatic rings. The topological polar surface area (TPSA) is 53.5 Å². The fraction of sp³-hybridized carbons (Fsp3) is 0.750. The number of nitrogens with one attached hydrogen (secondary N) is 1. The molecule has 122 valence electrons. The van der Waals surface area contributed by atoms with E-state index >= 15 is 0 Å². The van der Waals surface area contributed by atoms with Crippen molar-refractivity contribution in [1.82, 2.24) is 14.9 Å². The fourth-order valence-corrected chi connectivity index (χ4v) is 3.07. The number of hydrogen-bond acceptors (Lipinski definition) is 6. The van der Waals surface area contributed by atoms with Gasteiger partial charge in [0, 0.05) is 51.1 Å². The van der Waals surface area contributed by atoms with Gasteiger partial charge in [0.05, 0.1) is 6.10 Å². The highest BCUT2D eigenvalue weighted by molar-refractivity contribution is 5.44. The molecule has 3 heterocycles. The smallest absolute Gasteiger partial charge is 0.227 e. The fourth-order valence-electron chi connectivity index (χ4n) is 3.07. The van der Waals surface area contributed by atoms with Crippen molar-refractivity contribution < 1.29 is 4.74 Å². The minimum Gasteiger partial charge on any atom is -0.376 e. The van der Waals surface area contributed by atoms with Gasteiger partial charge in [-0.25, -0.2) is 4.98 Å². The first-order valence-electron chi connectivity index (χ1n) is 8.43. The summed E-state index contributed by atoms with van der Waals surface area (Å²) in [5, 5.41) is 3.41. The van der Waals surface area contributed by atoms with Crippen molar-refractivity contribution in [3.8, 4) is 0 Å². The zero-order chi connectivity index (χ0) is 15.4. The molecule has 0 saturated carbocycles. The van der Waals surface area contributed by atoms with Crippen LogP contribution in [0.1, 0.15) is 25.5 Å². The van der Waals surface area contributed by atoms with Crippen molar-refractivity contribution >= 4 is 11.8 Å². The Morgan fingerprint density at radius 3 is 2.77 bits per heavy atom. The molecular formula is C16H27N5O. The quantitative estimate of drug-likeness (QED) is 0.890. The molecule has 2 aliphatic rings. The number of piperazine rings is 1. The van der Waals surface area contributed by atoms with Crippen LogP contribution in [-0.4, -0.2) is 66.8 Å². The van der Waals surface area contributed by atoms with Gasteiger partial charge in [0.1, 0.15) is 5.82 Å². The summed E-state index contributed by atoms with van der Waals surface area (Å²) in [4.78, 5) is 14.1. The summed E-state index contributed by atoms with van der Waals surface area (Å²) in [7, 11) is 0. The van der Waals surface area contributed by atoms with Gasteiger partial charge in [0.2, 0.25) is 5.95 Å². The van der Waals surface area contributed by atoms with Gasteiger partial charge >= 0.3 is 0 Å². The molecule has 1 atom stereocenters. The monoisotopic (exact) mass is 305 g/mol. The normalized spacial score (nSPS) is 23.0. The second kappa shape index (κ2) is 7.24. The molecule has 0 aliphatic carbocycles. The van der Waals surface area contributed by atoms with Crippen molar-refractivity contribution in [2.45, 2.75) is 32.8 Å². The van der Waals surface area contributed by atoms with E-state index in [-0.39, 0.29) is 0 Å². The Morgan fingerprint density at radius 2 is 2.09 bits per heavy atom. The third kappa shape index (κ3) is 3.87. The molecule has 2 saturated heterocycles. The molecule has 2 aliphatic heterocycles. The maximum absolute atomic E-state index is 5.65. The highest BCUT2D eigenvalue weighted by Gasteiger charge is 2.19. The van der Waals surface area contributed by atoms with Crippen LogP contribution in [-0.2, 0) is 4.74 Å². The average Bonchev–Trinajstić information content (AvgIpc) is 3.06. The van der Waals surface area contributed by atoms with E-state index in [1.54, 1.807) is 0 Å². The summed E-state index contributed by atoms with van der Waals surface area (Å²) in [5.74, 6) is 1.77. The average molecular weight is 305 g/mol. The molecular weight excluding hydrogens is 278 g/mol. The molecule has 0 aromatic carbocycles. The van der Waals surface area contributed by atoms with Crippen LogP contribution in [0.4, 0.5) is 11.8 Å². The van der Waals surface area contributed by atoms with Crippen LogP contribution in [0, 0.1) is 6.92 Å². The van der Waals surface area contributed by atoms with Crippen molar-refractivity contribution in [1.29, 1.82) is 0 Å². The summed E-state index contributed by atoms with van der Waals surface area (Å²) in [6.07, 6.45) is 2.64. The molecule has 3 rings (SSSR count). The Bertz CT molecular complexity index is 481. The van der Waals surface area contributed by atoms with Gasteiger partial charge in [-0.2, -0.15) is 4.98 Å². The number of likely N-dealkylation sites (N-methyl/N-ethyl adjacent to an activating group) is 1. The first-order chi connectivity index (χ1) is 10.7. The molecule has 0 bridgehead atoms. The zero-order valence-electron chi connectivity index (χ0n) is 13.7. The summed E-state index contributed by atoms with van der Waals surface area (Å²) in [6, 6.07) is 2.01. The molecule has 6 heteroatoms. The molecule has 1 aromatic heterocycles. The number of rotatable bonds is 5. The Balaban J connectivity index is 1.62. The van der Waals surface area contributed by atoms with Crippen LogP contribution in [0.25, 0.3) is 0 Å². The van der Waals surface area contributed by atoms with Crippen molar-refractivity contribution in [2.75, 3.05) is 56.1 Å². The standard InChI is InChI=1S/C16H27N5O/c1-3-20-6-8-21(9-7-20)16-18-13(2)11-15(19-16)17-12-14-5-4-10-22-14/h11,14H,3-10,12H2,1-2H3,(H,17,18,19). The SMILES string of the molecule is CCN1CCN(c2nc(C)cc(NCC3CCCO3)n2)CC1. The van der Waals surface area contributed by atoms with E-state index in [2.05, 4.69) is 27.0 Å². The summed E-state index contributed by atoms with van der Waals surface area (Å²) in [5.41, 5.74) is 1.01. The highest BCUT2D eigenvalue weighted by Crippen LogP contribution is 2.17. The lowest BCUT2D eigenvalue weighted by atomic mass is 10.2. The Morgan fingerprint density at radius 1 is 1.27 bits per heavy atom. The van der Waals surface area contributed by atoms with E-state index in [4.69, 9.17) is 9.72 Å². The number of ether oxygens (including phenoxy) is 1. The van der Waals surface area contributed by atoms with E-state index in [0.29, 0.717) is 6.10 Å².